The van der Waals surface area contributed by atoms with Crippen LogP contribution in [0.5, 0.6) is 0 Å². The highest BCUT2D eigenvalue weighted by Crippen LogP contribution is 2.22. The third-order valence-electron chi connectivity index (χ3n) is 2.94. The largest absolute Gasteiger partial charge is 0.294 e. The van der Waals surface area contributed by atoms with Crippen LogP contribution in [0.2, 0.25) is 0 Å². The Bertz CT molecular complexity index is 421. The average molecular weight is 264 g/mol. The lowest BCUT2D eigenvalue weighted by molar-refractivity contribution is -0.109. The molecule has 1 rings (SSSR count). The highest BCUT2D eigenvalue weighted by molar-refractivity contribution is 8.13. The summed E-state index contributed by atoms with van der Waals surface area (Å²) in [5.41, 5.74) is 1.88. The molecule has 2 nitrogen and oxygen atoms in total. The monoisotopic (exact) mass is 264 g/mol. The molecular weight excluding hydrogens is 244 g/mol. The number of hydrogen-bond acceptors (Lipinski definition) is 3. The molecule has 0 heterocycles. The minimum Gasteiger partial charge on any atom is -0.294 e. The van der Waals surface area contributed by atoms with E-state index in [-0.39, 0.29) is 22.7 Å². The van der Waals surface area contributed by atoms with Crippen molar-refractivity contribution in [2.24, 2.45) is 11.8 Å². The zero-order chi connectivity index (χ0) is 13.7. The second kappa shape index (κ2) is 6.74. The summed E-state index contributed by atoms with van der Waals surface area (Å²) in [5.74, 6) is 0.852. The van der Waals surface area contributed by atoms with E-state index >= 15 is 0 Å². The minimum atomic E-state index is -0.0957. The highest BCUT2D eigenvalue weighted by Gasteiger charge is 2.23. The summed E-state index contributed by atoms with van der Waals surface area (Å²) in [7, 11) is 0. The van der Waals surface area contributed by atoms with Gasteiger partial charge in [-0.3, -0.25) is 9.59 Å². The molecule has 1 atom stereocenters. The molecule has 1 unspecified atom stereocenters. The second-order valence-corrected chi connectivity index (χ2v) is 6.08. The lowest BCUT2D eigenvalue weighted by Gasteiger charge is -2.18. The summed E-state index contributed by atoms with van der Waals surface area (Å²) in [4.78, 5) is 23.4. The van der Waals surface area contributed by atoms with E-state index in [2.05, 4.69) is 0 Å². The SMILES string of the molecule is CC(=O)SCC(C(=O)c1ccc(C)cc1)C(C)C. The molecule has 1 aromatic rings. The number of ketones is 1. The summed E-state index contributed by atoms with van der Waals surface area (Å²) in [6, 6.07) is 7.63. The van der Waals surface area contributed by atoms with Crippen LogP contribution < -0.4 is 0 Å². The number of carbonyl (C=O) groups is 2. The van der Waals surface area contributed by atoms with E-state index in [4.69, 9.17) is 0 Å². The van der Waals surface area contributed by atoms with Gasteiger partial charge in [-0.15, -0.1) is 0 Å². The van der Waals surface area contributed by atoms with Gasteiger partial charge in [0.25, 0.3) is 0 Å². The Balaban J connectivity index is 2.82. The maximum atomic E-state index is 12.4. The number of aryl methyl sites for hydroxylation is 1. The number of hydrogen-bond donors (Lipinski definition) is 0. The van der Waals surface area contributed by atoms with Crippen LogP contribution in [0.15, 0.2) is 24.3 Å². The van der Waals surface area contributed by atoms with Gasteiger partial charge in [-0.1, -0.05) is 55.4 Å². The van der Waals surface area contributed by atoms with E-state index < -0.39 is 0 Å². The van der Waals surface area contributed by atoms with Crippen LogP contribution >= 0.6 is 11.8 Å². The molecule has 0 amide bonds. The Labute approximate surface area is 113 Å². The summed E-state index contributed by atoms with van der Waals surface area (Å²) in [6.45, 7) is 7.59. The van der Waals surface area contributed by atoms with Crippen molar-refractivity contribution in [3.05, 3.63) is 35.4 Å². The third kappa shape index (κ3) is 4.30. The first-order valence-electron chi connectivity index (χ1n) is 6.16. The number of benzene rings is 1. The summed E-state index contributed by atoms with van der Waals surface area (Å²) in [6.07, 6.45) is 0. The Morgan fingerprint density at radius 3 is 2.17 bits per heavy atom. The molecule has 0 fully saturated rings. The van der Waals surface area contributed by atoms with Gasteiger partial charge in [0.2, 0.25) is 0 Å². The maximum absolute atomic E-state index is 12.4. The fourth-order valence-corrected chi connectivity index (χ4v) is 2.66. The Kier molecular flexibility index (Phi) is 5.60. The van der Waals surface area contributed by atoms with E-state index in [1.165, 1.54) is 11.8 Å². The van der Waals surface area contributed by atoms with Gasteiger partial charge >= 0.3 is 0 Å². The van der Waals surface area contributed by atoms with Crippen molar-refractivity contribution in [2.75, 3.05) is 5.75 Å². The van der Waals surface area contributed by atoms with Crippen molar-refractivity contribution in [1.82, 2.24) is 0 Å². The lowest BCUT2D eigenvalue weighted by Crippen LogP contribution is -2.23. The molecule has 98 valence electrons. The summed E-state index contributed by atoms with van der Waals surface area (Å²) < 4.78 is 0. The molecule has 0 aliphatic heterocycles. The second-order valence-electron chi connectivity index (χ2n) is 4.88. The average Bonchev–Trinajstić information content (AvgIpc) is 2.29. The standard InChI is InChI=1S/C15H20O2S/c1-10(2)14(9-18-12(4)16)15(17)13-7-5-11(3)6-8-13/h5-8,10,14H,9H2,1-4H3. The summed E-state index contributed by atoms with van der Waals surface area (Å²) >= 11 is 1.23. The lowest BCUT2D eigenvalue weighted by atomic mass is 9.89. The quantitative estimate of drug-likeness (QED) is 0.760. The molecule has 0 aliphatic carbocycles. The van der Waals surface area contributed by atoms with Crippen LogP contribution in [0.3, 0.4) is 0 Å². The molecule has 0 N–H and O–H groups in total. The van der Waals surface area contributed by atoms with Gasteiger partial charge in [0.15, 0.2) is 10.9 Å². The first kappa shape index (κ1) is 15.0. The molecule has 0 aromatic heterocycles. The van der Waals surface area contributed by atoms with Crippen LogP contribution in [0.1, 0.15) is 36.7 Å². The highest BCUT2D eigenvalue weighted by atomic mass is 32.2. The molecular formula is C15H20O2S. The molecule has 0 saturated carbocycles. The van der Waals surface area contributed by atoms with Gasteiger partial charge in [0.05, 0.1) is 0 Å². The van der Waals surface area contributed by atoms with Crippen LogP contribution in [-0.2, 0) is 4.79 Å². The predicted octanol–water partition coefficient (Wildman–Crippen LogP) is 3.73. The van der Waals surface area contributed by atoms with Crippen LogP contribution in [-0.4, -0.2) is 16.7 Å². The van der Waals surface area contributed by atoms with Crippen LogP contribution in [0, 0.1) is 18.8 Å². The van der Waals surface area contributed by atoms with E-state index in [0.717, 1.165) is 11.1 Å². The number of thioether (sulfide) groups is 1. The van der Waals surface area contributed by atoms with E-state index in [9.17, 15) is 9.59 Å². The fraction of sp³-hybridized carbons (Fsp3) is 0.467. The van der Waals surface area contributed by atoms with Gasteiger partial charge in [-0.25, -0.2) is 0 Å². The first-order chi connectivity index (χ1) is 8.41. The molecule has 3 heteroatoms. The number of carbonyl (C=O) groups excluding carboxylic acids is 2. The molecule has 18 heavy (non-hydrogen) atoms. The normalized spacial score (nSPS) is 12.5. The fourth-order valence-electron chi connectivity index (χ4n) is 1.71. The Morgan fingerprint density at radius 2 is 1.72 bits per heavy atom. The summed E-state index contributed by atoms with van der Waals surface area (Å²) in [5, 5.41) is 0.0670. The molecule has 0 spiro atoms. The molecule has 0 bridgehead atoms. The molecule has 0 aliphatic rings. The molecule has 1 aromatic carbocycles. The Hall–Kier alpha value is -1.09. The molecule has 0 radical (unpaired) electrons. The van der Waals surface area contributed by atoms with Gasteiger partial charge in [-0.2, -0.15) is 0 Å². The van der Waals surface area contributed by atoms with Crippen molar-refractivity contribution in [1.29, 1.82) is 0 Å². The first-order valence-corrected chi connectivity index (χ1v) is 7.14. The number of rotatable bonds is 5. The zero-order valence-electron chi connectivity index (χ0n) is 11.4. The van der Waals surface area contributed by atoms with Crippen LogP contribution in [0.4, 0.5) is 0 Å². The van der Waals surface area contributed by atoms with Crippen LogP contribution in [0.25, 0.3) is 0 Å². The topological polar surface area (TPSA) is 34.1 Å². The van der Waals surface area contributed by atoms with Gasteiger partial charge < -0.3 is 0 Å². The third-order valence-corrected chi connectivity index (χ3v) is 3.88. The van der Waals surface area contributed by atoms with Gasteiger partial charge in [0.1, 0.15) is 0 Å². The molecule has 0 saturated heterocycles. The van der Waals surface area contributed by atoms with Crippen molar-refractivity contribution in [3.63, 3.8) is 0 Å². The van der Waals surface area contributed by atoms with Crippen molar-refractivity contribution < 1.29 is 9.59 Å². The van der Waals surface area contributed by atoms with Crippen molar-refractivity contribution >= 4 is 22.7 Å². The van der Waals surface area contributed by atoms with E-state index in [0.29, 0.717) is 5.75 Å². The van der Waals surface area contributed by atoms with Crippen molar-refractivity contribution in [3.8, 4) is 0 Å². The van der Waals surface area contributed by atoms with E-state index in [1.807, 2.05) is 45.0 Å². The number of Topliss-reactive ketones (excluding diaryl/α,β-unsaturated/α-hetero) is 1. The Morgan fingerprint density at radius 1 is 1.17 bits per heavy atom. The smallest absolute Gasteiger partial charge is 0.185 e. The van der Waals surface area contributed by atoms with Crippen molar-refractivity contribution in [2.45, 2.75) is 27.7 Å². The van der Waals surface area contributed by atoms with Gasteiger partial charge in [-0.05, 0) is 12.8 Å². The maximum Gasteiger partial charge on any atom is 0.185 e. The zero-order valence-corrected chi connectivity index (χ0v) is 12.2. The predicted molar refractivity (Wildman–Crippen MR) is 77.0 cm³/mol. The van der Waals surface area contributed by atoms with Gasteiger partial charge in [0, 0.05) is 24.2 Å². The van der Waals surface area contributed by atoms with E-state index in [1.54, 1.807) is 6.92 Å². The minimum absolute atomic E-state index is 0.0670.